The van der Waals surface area contributed by atoms with Crippen molar-refractivity contribution >= 4 is 43.1 Å². The van der Waals surface area contributed by atoms with E-state index < -0.39 is 0 Å². The first kappa shape index (κ1) is 30.4. The molecule has 0 radical (unpaired) electrons. The van der Waals surface area contributed by atoms with Crippen LogP contribution in [-0.4, -0.2) is 91.7 Å². The van der Waals surface area contributed by atoms with Gasteiger partial charge in [-0.1, -0.05) is 12.8 Å². The monoisotopic (exact) mass is 462 g/mol. The third kappa shape index (κ3) is 10.8. The van der Waals surface area contributed by atoms with Crippen molar-refractivity contribution in [2.24, 2.45) is 5.73 Å². The number of piperazine rings is 1. The van der Waals surface area contributed by atoms with Crippen molar-refractivity contribution in [3.05, 3.63) is 0 Å². The molecule has 6 nitrogen and oxygen atoms in total. The molecule has 2 heterocycles. The molecule has 2 rings (SSSR count). The summed E-state index contributed by atoms with van der Waals surface area (Å²) in [5.41, 5.74) is 5.50. The van der Waals surface area contributed by atoms with Crippen LogP contribution in [0.15, 0.2) is 0 Å². The van der Waals surface area contributed by atoms with Gasteiger partial charge in [0.1, 0.15) is 0 Å². The minimum absolute atomic E-state index is 0. The van der Waals surface area contributed by atoms with Crippen LogP contribution in [0.4, 0.5) is 0 Å². The second kappa shape index (κ2) is 16.9. The summed E-state index contributed by atoms with van der Waals surface area (Å²) >= 11 is 0. The first-order valence-corrected chi connectivity index (χ1v) is 10.2. The van der Waals surface area contributed by atoms with Crippen molar-refractivity contribution in [1.29, 1.82) is 0 Å². The van der Waals surface area contributed by atoms with E-state index in [0.29, 0.717) is 24.5 Å². The van der Waals surface area contributed by atoms with E-state index in [4.69, 9.17) is 10.5 Å². The molecule has 0 aromatic carbocycles. The highest BCUT2D eigenvalue weighted by molar-refractivity contribution is 5.86. The maximum absolute atomic E-state index is 12.3. The number of carbonyl (C=O) groups is 1. The second-order valence-electron chi connectivity index (χ2n) is 7.72. The van der Waals surface area contributed by atoms with Crippen LogP contribution in [0.5, 0.6) is 0 Å². The van der Waals surface area contributed by atoms with E-state index in [1.807, 2.05) is 4.90 Å². The van der Waals surface area contributed by atoms with E-state index in [1.54, 1.807) is 0 Å². The number of hydrogen-bond donors (Lipinski definition) is 1. The lowest BCUT2D eigenvalue weighted by Crippen LogP contribution is -2.54. The average molecular weight is 464 g/mol. The lowest BCUT2D eigenvalue weighted by Gasteiger charge is -2.40. The largest absolute Gasteiger partial charge is 0.374 e. The molecule has 2 N–H and O–H groups in total. The molecule has 2 aliphatic rings. The summed E-state index contributed by atoms with van der Waals surface area (Å²) in [5, 5.41) is 0. The minimum atomic E-state index is 0. The van der Waals surface area contributed by atoms with Crippen LogP contribution in [-0.2, 0) is 9.53 Å². The van der Waals surface area contributed by atoms with Gasteiger partial charge in [0, 0.05) is 58.3 Å². The van der Waals surface area contributed by atoms with Gasteiger partial charge in [-0.2, -0.15) is 0 Å². The molecule has 0 aromatic heterocycles. The average Bonchev–Trinajstić information content (AvgIpc) is 2.62. The first-order chi connectivity index (χ1) is 12.1. The van der Waals surface area contributed by atoms with Gasteiger partial charge in [0.25, 0.3) is 0 Å². The molecule has 9 heteroatoms. The van der Waals surface area contributed by atoms with Crippen LogP contribution in [0.25, 0.3) is 0 Å². The highest BCUT2D eigenvalue weighted by Gasteiger charge is 2.26. The fourth-order valence-corrected chi connectivity index (χ4v) is 3.72. The predicted molar refractivity (Wildman–Crippen MR) is 123 cm³/mol. The van der Waals surface area contributed by atoms with Gasteiger partial charge in [-0.15, -0.1) is 37.2 Å². The quantitative estimate of drug-likeness (QED) is 0.532. The Kier molecular flexibility index (Phi) is 18.4. The molecule has 0 aromatic rings. The SMILES string of the molecule is CC(C)N1CCOC(CN2CCN(C(=O)CCCCCCN)CC2)C1.Cl.Cl.Cl. The lowest BCUT2D eigenvalue weighted by molar-refractivity contribution is -0.133. The normalized spacial score (nSPS) is 20.9. The van der Waals surface area contributed by atoms with Gasteiger partial charge in [0.2, 0.25) is 5.91 Å². The number of hydrogen-bond acceptors (Lipinski definition) is 5. The molecule has 170 valence electrons. The summed E-state index contributed by atoms with van der Waals surface area (Å²) in [6, 6.07) is 0.589. The zero-order valence-corrected chi connectivity index (χ0v) is 20.0. The minimum Gasteiger partial charge on any atom is -0.374 e. The Labute approximate surface area is 190 Å². The summed E-state index contributed by atoms with van der Waals surface area (Å²) in [4.78, 5) is 19.3. The van der Waals surface area contributed by atoms with Crippen LogP contribution < -0.4 is 5.73 Å². The zero-order chi connectivity index (χ0) is 18.1. The van der Waals surface area contributed by atoms with E-state index in [1.165, 1.54) is 0 Å². The molecular weight excluding hydrogens is 423 g/mol. The smallest absolute Gasteiger partial charge is 0.222 e. The molecule has 0 bridgehead atoms. The Balaban J connectivity index is 0. The summed E-state index contributed by atoms with van der Waals surface area (Å²) in [5.74, 6) is 0.326. The highest BCUT2D eigenvalue weighted by atomic mass is 35.5. The van der Waals surface area contributed by atoms with Crippen LogP contribution in [0.1, 0.15) is 46.0 Å². The highest BCUT2D eigenvalue weighted by Crippen LogP contribution is 2.13. The summed E-state index contributed by atoms with van der Waals surface area (Å²) in [6.07, 6.45) is 5.34. The summed E-state index contributed by atoms with van der Waals surface area (Å²) < 4.78 is 5.95. The molecule has 2 fully saturated rings. The number of rotatable bonds is 9. The molecule has 1 unspecified atom stereocenters. The Morgan fingerprint density at radius 3 is 2.25 bits per heavy atom. The van der Waals surface area contributed by atoms with Crippen molar-refractivity contribution < 1.29 is 9.53 Å². The molecule has 2 aliphatic heterocycles. The number of amides is 1. The molecule has 0 spiro atoms. The van der Waals surface area contributed by atoms with Gasteiger partial charge in [-0.25, -0.2) is 0 Å². The van der Waals surface area contributed by atoms with Gasteiger partial charge < -0.3 is 15.4 Å². The second-order valence-corrected chi connectivity index (χ2v) is 7.72. The van der Waals surface area contributed by atoms with Gasteiger partial charge in [-0.3, -0.25) is 14.6 Å². The zero-order valence-electron chi connectivity index (χ0n) is 17.5. The van der Waals surface area contributed by atoms with E-state index in [9.17, 15) is 4.79 Å². The van der Waals surface area contributed by atoms with Gasteiger partial charge in [0.15, 0.2) is 0 Å². The standard InChI is InChI=1S/C19H38N4O2.3ClH/c1-17(2)23-13-14-25-18(16-23)15-21-9-11-22(12-10-21)19(24)7-5-3-4-6-8-20;;;/h17-18H,3-16,20H2,1-2H3;3*1H. The lowest BCUT2D eigenvalue weighted by atomic mass is 10.1. The summed E-state index contributed by atoms with van der Waals surface area (Å²) in [6.45, 7) is 12.8. The van der Waals surface area contributed by atoms with Gasteiger partial charge >= 0.3 is 0 Å². The molecule has 1 atom stereocenters. The molecule has 0 aliphatic carbocycles. The molecule has 2 saturated heterocycles. The maximum atomic E-state index is 12.3. The predicted octanol–water partition coefficient (Wildman–Crippen LogP) is 2.41. The third-order valence-electron chi connectivity index (χ3n) is 5.43. The van der Waals surface area contributed by atoms with Crippen molar-refractivity contribution in [2.75, 3.05) is 59.0 Å². The van der Waals surface area contributed by atoms with Crippen molar-refractivity contribution in [1.82, 2.24) is 14.7 Å². The van der Waals surface area contributed by atoms with E-state index in [0.717, 1.165) is 84.6 Å². The Hall–Kier alpha value is 0.180. The van der Waals surface area contributed by atoms with E-state index in [-0.39, 0.29) is 37.2 Å². The molecule has 28 heavy (non-hydrogen) atoms. The van der Waals surface area contributed by atoms with Crippen molar-refractivity contribution in [3.8, 4) is 0 Å². The maximum Gasteiger partial charge on any atom is 0.222 e. The number of nitrogens with two attached hydrogens (primary N) is 1. The topological polar surface area (TPSA) is 62.0 Å². The molecule has 0 saturated carbocycles. The number of carbonyl (C=O) groups excluding carboxylic acids is 1. The number of morpholine rings is 1. The van der Waals surface area contributed by atoms with Crippen LogP contribution >= 0.6 is 37.2 Å². The van der Waals surface area contributed by atoms with Crippen LogP contribution in [0.3, 0.4) is 0 Å². The number of nitrogens with zero attached hydrogens (tertiary/aromatic N) is 3. The fourth-order valence-electron chi connectivity index (χ4n) is 3.72. The van der Waals surface area contributed by atoms with Crippen molar-refractivity contribution in [2.45, 2.75) is 58.1 Å². The van der Waals surface area contributed by atoms with Gasteiger partial charge in [0.05, 0.1) is 12.7 Å². The van der Waals surface area contributed by atoms with Crippen LogP contribution in [0, 0.1) is 0 Å². The third-order valence-corrected chi connectivity index (χ3v) is 5.43. The number of ether oxygens (including phenoxy) is 1. The first-order valence-electron chi connectivity index (χ1n) is 10.2. The summed E-state index contributed by atoms with van der Waals surface area (Å²) in [7, 11) is 0. The van der Waals surface area contributed by atoms with Crippen LogP contribution in [0.2, 0.25) is 0 Å². The Bertz CT molecular complexity index is 397. The Morgan fingerprint density at radius 2 is 1.64 bits per heavy atom. The number of unbranched alkanes of at least 4 members (excludes halogenated alkanes) is 3. The molecular formula is C19H41Cl3N4O2. The molecule has 1 amide bonds. The Morgan fingerprint density at radius 1 is 1.00 bits per heavy atom. The number of halogens is 3. The van der Waals surface area contributed by atoms with E-state index in [2.05, 4.69) is 23.6 Å². The fraction of sp³-hybridized carbons (Fsp3) is 0.947. The van der Waals surface area contributed by atoms with E-state index >= 15 is 0 Å². The van der Waals surface area contributed by atoms with Gasteiger partial charge in [-0.05, 0) is 33.2 Å². The van der Waals surface area contributed by atoms with Crippen molar-refractivity contribution in [3.63, 3.8) is 0 Å².